The van der Waals surface area contributed by atoms with Gasteiger partial charge >= 0.3 is 5.97 Å². The summed E-state index contributed by atoms with van der Waals surface area (Å²) in [5.41, 5.74) is 1.03. The third kappa shape index (κ3) is 7.11. The number of aromatic nitrogens is 2. The molecule has 1 heterocycles. The molecule has 0 fully saturated rings. The van der Waals surface area contributed by atoms with Crippen molar-refractivity contribution >= 4 is 15.8 Å². The van der Waals surface area contributed by atoms with Crippen LogP contribution < -0.4 is 0 Å². The van der Waals surface area contributed by atoms with E-state index in [1.807, 2.05) is 30.3 Å². The van der Waals surface area contributed by atoms with Gasteiger partial charge in [-0.2, -0.15) is 5.10 Å². The molecule has 0 N–H and O–H groups in total. The Morgan fingerprint density at radius 1 is 1.21 bits per heavy atom. The standard InChI is InChI=1S/C21H30N2O4S/c1-3-5-9-18(4-2)17-27-21(24)12-13-28(25,26)20-14-22-23(16-20)15-19-10-7-6-8-11-19/h6-8,10-11,14,16,18H,3-5,9,12-13,15,17H2,1-2H3. The van der Waals surface area contributed by atoms with Gasteiger partial charge in [-0.25, -0.2) is 8.42 Å². The first-order valence-corrected chi connectivity index (χ1v) is 11.5. The molecule has 0 aliphatic rings. The van der Waals surface area contributed by atoms with Crippen LogP contribution in [0.3, 0.4) is 0 Å². The van der Waals surface area contributed by atoms with Gasteiger partial charge in [0.05, 0.1) is 31.5 Å². The van der Waals surface area contributed by atoms with E-state index in [1.54, 1.807) is 4.68 Å². The maximum atomic E-state index is 12.5. The molecule has 0 bridgehead atoms. The third-order valence-corrected chi connectivity index (χ3v) is 6.42. The number of hydrogen-bond acceptors (Lipinski definition) is 5. The molecule has 154 valence electrons. The fourth-order valence-corrected chi connectivity index (χ4v) is 4.04. The molecule has 0 aliphatic carbocycles. The summed E-state index contributed by atoms with van der Waals surface area (Å²) in [6.45, 7) is 5.07. The minimum atomic E-state index is -3.57. The lowest BCUT2D eigenvalue weighted by molar-refractivity contribution is -0.144. The molecule has 1 aromatic heterocycles. The smallest absolute Gasteiger partial charge is 0.306 e. The van der Waals surface area contributed by atoms with Crippen molar-refractivity contribution in [2.45, 2.75) is 57.4 Å². The first-order chi connectivity index (χ1) is 13.4. The van der Waals surface area contributed by atoms with E-state index in [1.165, 1.54) is 12.4 Å². The monoisotopic (exact) mass is 406 g/mol. The van der Waals surface area contributed by atoms with Crippen molar-refractivity contribution in [2.24, 2.45) is 5.92 Å². The number of rotatable bonds is 12. The highest BCUT2D eigenvalue weighted by Crippen LogP contribution is 2.15. The molecule has 6 nitrogen and oxygen atoms in total. The highest BCUT2D eigenvalue weighted by molar-refractivity contribution is 7.91. The van der Waals surface area contributed by atoms with Crippen molar-refractivity contribution in [2.75, 3.05) is 12.4 Å². The quantitative estimate of drug-likeness (QED) is 0.500. The number of sulfone groups is 1. The Morgan fingerprint density at radius 2 is 1.96 bits per heavy atom. The Hall–Kier alpha value is -2.15. The molecule has 2 aromatic rings. The minimum absolute atomic E-state index is 0.130. The number of carbonyl (C=O) groups excluding carboxylic acids is 1. The number of unbranched alkanes of at least 4 members (excludes halogenated alkanes) is 1. The topological polar surface area (TPSA) is 78.3 Å². The predicted octanol–water partition coefficient (Wildman–Crippen LogP) is 3.85. The molecule has 1 unspecified atom stereocenters. The van der Waals surface area contributed by atoms with Crippen LogP contribution in [0.4, 0.5) is 0 Å². The lowest BCUT2D eigenvalue weighted by Gasteiger charge is -2.14. The number of hydrogen-bond donors (Lipinski definition) is 0. The average molecular weight is 407 g/mol. The number of carbonyl (C=O) groups is 1. The van der Waals surface area contributed by atoms with E-state index in [0.29, 0.717) is 19.1 Å². The second kappa shape index (κ2) is 11.0. The van der Waals surface area contributed by atoms with Gasteiger partial charge in [0.1, 0.15) is 4.90 Å². The average Bonchev–Trinajstić information content (AvgIpc) is 3.17. The molecule has 0 amide bonds. The SMILES string of the molecule is CCCCC(CC)COC(=O)CCS(=O)(=O)c1cnn(Cc2ccccc2)c1. The lowest BCUT2D eigenvalue weighted by atomic mass is 10.0. The molecule has 7 heteroatoms. The van der Waals surface area contributed by atoms with E-state index < -0.39 is 15.8 Å². The summed E-state index contributed by atoms with van der Waals surface area (Å²) in [7, 11) is -3.57. The normalized spacial score (nSPS) is 12.6. The van der Waals surface area contributed by atoms with E-state index in [2.05, 4.69) is 18.9 Å². The Morgan fingerprint density at radius 3 is 2.64 bits per heavy atom. The zero-order chi connectivity index (χ0) is 20.4. The summed E-state index contributed by atoms with van der Waals surface area (Å²) in [4.78, 5) is 12.1. The number of nitrogens with zero attached hydrogens (tertiary/aromatic N) is 2. The van der Waals surface area contributed by atoms with Crippen LogP contribution in [0.25, 0.3) is 0 Å². The summed E-state index contributed by atoms with van der Waals surface area (Å²) in [6.07, 6.45) is 6.90. The van der Waals surface area contributed by atoms with Gasteiger partial charge in [-0.05, 0) is 17.9 Å². The van der Waals surface area contributed by atoms with Crippen LogP contribution in [-0.4, -0.2) is 36.5 Å². The minimum Gasteiger partial charge on any atom is -0.465 e. The second-order valence-electron chi connectivity index (χ2n) is 7.03. The van der Waals surface area contributed by atoms with Crippen LogP contribution in [-0.2, 0) is 25.9 Å². The number of esters is 1. The number of ether oxygens (including phenoxy) is 1. The van der Waals surface area contributed by atoms with Gasteiger partial charge in [-0.15, -0.1) is 0 Å². The van der Waals surface area contributed by atoms with E-state index in [9.17, 15) is 13.2 Å². The van der Waals surface area contributed by atoms with Gasteiger partial charge in [0.2, 0.25) is 0 Å². The van der Waals surface area contributed by atoms with Crippen molar-refractivity contribution < 1.29 is 17.9 Å². The van der Waals surface area contributed by atoms with Crippen LogP contribution in [0.2, 0.25) is 0 Å². The summed E-state index contributed by atoms with van der Waals surface area (Å²) in [6, 6.07) is 9.68. The molecule has 1 aromatic carbocycles. The fraction of sp³-hybridized carbons (Fsp3) is 0.524. The second-order valence-corrected chi connectivity index (χ2v) is 9.14. The van der Waals surface area contributed by atoms with E-state index >= 15 is 0 Å². The molecule has 0 aliphatic heterocycles. The summed E-state index contributed by atoms with van der Waals surface area (Å²) >= 11 is 0. The van der Waals surface area contributed by atoms with Crippen LogP contribution >= 0.6 is 0 Å². The van der Waals surface area contributed by atoms with Crippen LogP contribution in [0.1, 0.15) is 51.5 Å². The van der Waals surface area contributed by atoms with Crippen LogP contribution in [0.15, 0.2) is 47.6 Å². The van der Waals surface area contributed by atoms with Crippen molar-refractivity contribution in [1.29, 1.82) is 0 Å². The maximum absolute atomic E-state index is 12.5. The van der Waals surface area contributed by atoms with Gasteiger partial charge in [-0.1, -0.05) is 63.4 Å². The fourth-order valence-electron chi connectivity index (χ4n) is 2.88. The van der Waals surface area contributed by atoms with Crippen molar-refractivity contribution in [3.05, 3.63) is 48.3 Å². The predicted molar refractivity (Wildman–Crippen MR) is 109 cm³/mol. The Kier molecular flexibility index (Phi) is 8.70. The lowest BCUT2D eigenvalue weighted by Crippen LogP contribution is -2.17. The van der Waals surface area contributed by atoms with Crippen molar-refractivity contribution in [1.82, 2.24) is 9.78 Å². The van der Waals surface area contributed by atoms with Gasteiger partial charge < -0.3 is 4.74 Å². The van der Waals surface area contributed by atoms with Crippen molar-refractivity contribution in [3.8, 4) is 0 Å². The molecule has 0 radical (unpaired) electrons. The first-order valence-electron chi connectivity index (χ1n) is 9.89. The third-order valence-electron chi connectivity index (χ3n) is 4.75. The summed E-state index contributed by atoms with van der Waals surface area (Å²) in [5.74, 6) is -0.388. The molecule has 28 heavy (non-hydrogen) atoms. The zero-order valence-electron chi connectivity index (χ0n) is 16.7. The Balaban J connectivity index is 1.84. The Labute approximate surface area is 167 Å². The maximum Gasteiger partial charge on any atom is 0.306 e. The molecule has 1 atom stereocenters. The van der Waals surface area contributed by atoms with Crippen LogP contribution in [0, 0.1) is 5.92 Å². The van der Waals surface area contributed by atoms with Gasteiger partial charge in [0, 0.05) is 6.20 Å². The highest BCUT2D eigenvalue weighted by atomic mass is 32.2. The van der Waals surface area contributed by atoms with Crippen LogP contribution in [0.5, 0.6) is 0 Å². The van der Waals surface area contributed by atoms with E-state index in [-0.39, 0.29) is 17.1 Å². The van der Waals surface area contributed by atoms with E-state index in [0.717, 1.165) is 31.2 Å². The molecule has 0 saturated carbocycles. The molecular weight excluding hydrogens is 376 g/mol. The van der Waals surface area contributed by atoms with Crippen molar-refractivity contribution in [3.63, 3.8) is 0 Å². The molecule has 0 saturated heterocycles. The molecular formula is C21H30N2O4S. The highest BCUT2D eigenvalue weighted by Gasteiger charge is 2.20. The van der Waals surface area contributed by atoms with Gasteiger partial charge in [0.15, 0.2) is 9.84 Å². The number of benzene rings is 1. The van der Waals surface area contributed by atoms with Gasteiger partial charge in [-0.3, -0.25) is 9.48 Å². The Bertz CT molecular complexity index is 831. The van der Waals surface area contributed by atoms with Gasteiger partial charge in [0.25, 0.3) is 0 Å². The summed E-state index contributed by atoms with van der Waals surface area (Å²) in [5, 5.41) is 4.13. The molecule has 0 spiro atoms. The largest absolute Gasteiger partial charge is 0.465 e. The van der Waals surface area contributed by atoms with E-state index in [4.69, 9.17) is 4.74 Å². The zero-order valence-corrected chi connectivity index (χ0v) is 17.5. The summed E-state index contributed by atoms with van der Waals surface area (Å²) < 4.78 is 31.8. The first kappa shape index (κ1) is 22.1. The molecule has 2 rings (SSSR count).